The summed E-state index contributed by atoms with van der Waals surface area (Å²) in [6, 6.07) is 1.99. The van der Waals surface area contributed by atoms with E-state index in [0.29, 0.717) is 17.0 Å². The molecule has 1 saturated carbocycles. The van der Waals surface area contributed by atoms with Gasteiger partial charge in [-0.1, -0.05) is 19.3 Å². The van der Waals surface area contributed by atoms with E-state index >= 15 is 0 Å². The van der Waals surface area contributed by atoms with Gasteiger partial charge in [0.1, 0.15) is 11.6 Å². The van der Waals surface area contributed by atoms with Gasteiger partial charge in [0.25, 0.3) is 0 Å². The van der Waals surface area contributed by atoms with Gasteiger partial charge in [-0.15, -0.1) is 0 Å². The third-order valence-electron chi connectivity index (χ3n) is 4.02. The number of rotatable bonds is 2. The lowest BCUT2D eigenvalue weighted by atomic mass is 10.0. The Bertz CT molecular complexity index is 410. The second-order valence-corrected chi connectivity index (χ2v) is 6.72. The lowest BCUT2D eigenvalue weighted by Crippen LogP contribution is -2.11. The van der Waals surface area contributed by atoms with Gasteiger partial charge in [0.15, 0.2) is 0 Å². The molecule has 1 atom stereocenters. The van der Waals surface area contributed by atoms with Crippen molar-refractivity contribution in [3.8, 4) is 0 Å². The van der Waals surface area contributed by atoms with Crippen LogP contribution in [-0.2, 0) is 0 Å². The topological polar surface area (TPSA) is 51.8 Å². The van der Waals surface area contributed by atoms with E-state index in [2.05, 4.69) is 4.98 Å². The zero-order valence-corrected chi connectivity index (χ0v) is 11.6. The molecule has 1 unspecified atom stereocenters. The SMILES string of the molecule is Nc1cc(C2CCCC2)nc(C2CCCCS2)n1. The molecular weight excluding hydrogens is 242 g/mol. The predicted octanol–water partition coefficient (Wildman–Crippen LogP) is 3.67. The highest BCUT2D eigenvalue weighted by Crippen LogP contribution is 2.39. The predicted molar refractivity (Wildman–Crippen MR) is 76.7 cm³/mol. The fourth-order valence-electron chi connectivity index (χ4n) is 3.02. The number of nitrogens with two attached hydrogens (primary N) is 1. The minimum absolute atomic E-state index is 0.474. The van der Waals surface area contributed by atoms with E-state index in [-0.39, 0.29) is 0 Å². The van der Waals surface area contributed by atoms with Gasteiger partial charge in [-0.2, -0.15) is 11.8 Å². The molecule has 2 heterocycles. The number of hydrogen-bond acceptors (Lipinski definition) is 4. The average molecular weight is 263 g/mol. The van der Waals surface area contributed by atoms with Crippen LogP contribution in [0.5, 0.6) is 0 Å². The quantitative estimate of drug-likeness (QED) is 0.884. The highest BCUT2D eigenvalue weighted by molar-refractivity contribution is 7.99. The summed E-state index contributed by atoms with van der Waals surface area (Å²) in [4.78, 5) is 9.30. The van der Waals surface area contributed by atoms with E-state index in [4.69, 9.17) is 10.7 Å². The molecule has 98 valence electrons. The van der Waals surface area contributed by atoms with Crippen molar-refractivity contribution in [3.05, 3.63) is 17.6 Å². The van der Waals surface area contributed by atoms with Gasteiger partial charge < -0.3 is 5.73 Å². The zero-order chi connectivity index (χ0) is 12.4. The number of anilines is 1. The van der Waals surface area contributed by atoms with Crippen LogP contribution in [-0.4, -0.2) is 15.7 Å². The number of nitrogen functional groups attached to an aromatic ring is 1. The Labute approximate surface area is 113 Å². The summed E-state index contributed by atoms with van der Waals surface area (Å²) in [6.45, 7) is 0. The molecule has 1 aliphatic carbocycles. The molecule has 2 fully saturated rings. The first-order valence-electron chi connectivity index (χ1n) is 7.09. The summed E-state index contributed by atoms with van der Waals surface area (Å²) in [5.41, 5.74) is 7.17. The van der Waals surface area contributed by atoms with Gasteiger partial charge >= 0.3 is 0 Å². The maximum absolute atomic E-state index is 5.97. The highest BCUT2D eigenvalue weighted by atomic mass is 32.2. The van der Waals surface area contributed by atoms with Gasteiger partial charge in [-0.25, -0.2) is 9.97 Å². The van der Waals surface area contributed by atoms with E-state index in [1.54, 1.807) is 0 Å². The molecule has 0 radical (unpaired) electrons. The van der Waals surface area contributed by atoms with E-state index in [0.717, 1.165) is 5.82 Å². The van der Waals surface area contributed by atoms with Crippen LogP contribution in [0.15, 0.2) is 6.07 Å². The van der Waals surface area contributed by atoms with Crippen LogP contribution in [0.2, 0.25) is 0 Å². The minimum atomic E-state index is 0.474. The van der Waals surface area contributed by atoms with Crippen LogP contribution in [0.4, 0.5) is 5.82 Å². The van der Waals surface area contributed by atoms with Crippen molar-refractivity contribution in [3.63, 3.8) is 0 Å². The summed E-state index contributed by atoms with van der Waals surface area (Å²) < 4.78 is 0. The fraction of sp³-hybridized carbons (Fsp3) is 0.714. The maximum Gasteiger partial charge on any atom is 0.143 e. The van der Waals surface area contributed by atoms with Gasteiger partial charge in [-0.3, -0.25) is 0 Å². The molecule has 18 heavy (non-hydrogen) atoms. The molecule has 0 spiro atoms. The zero-order valence-electron chi connectivity index (χ0n) is 10.8. The summed E-state index contributed by atoms with van der Waals surface area (Å²) in [5, 5.41) is 0.474. The molecule has 1 aromatic rings. The minimum Gasteiger partial charge on any atom is -0.384 e. The van der Waals surface area contributed by atoms with Crippen molar-refractivity contribution in [2.24, 2.45) is 0 Å². The molecule has 1 aromatic heterocycles. The van der Waals surface area contributed by atoms with Crippen molar-refractivity contribution in [1.82, 2.24) is 9.97 Å². The normalized spacial score (nSPS) is 25.4. The first-order chi connectivity index (χ1) is 8.83. The number of aromatic nitrogens is 2. The Kier molecular flexibility index (Phi) is 3.73. The summed E-state index contributed by atoms with van der Waals surface area (Å²) in [7, 11) is 0. The third-order valence-corrected chi connectivity index (χ3v) is 5.40. The average Bonchev–Trinajstić information content (AvgIpc) is 2.93. The van der Waals surface area contributed by atoms with Crippen LogP contribution >= 0.6 is 11.8 Å². The van der Waals surface area contributed by atoms with Crippen molar-refractivity contribution in [1.29, 1.82) is 0 Å². The summed E-state index contributed by atoms with van der Waals surface area (Å²) in [5.74, 6) is 3.51. The lowest BCUT2D eigenvalue weighted by molar-refractivity contribution is 0.642. The van der Waals surface area contributed by atoms with Gasteiger partial charge in [0.2, 0.25) is 0 Å². The lowest BCUT2D eigenvalue weighted by Gasteiger charge is -2.21. The summed E-state index contributed by atoms with van der Waals surface area (Å²) >= 11 is 2.00. The fourth-order valence-corrected chi connectivity index (χ4v) is 4.27. The maximum atomic E-state index is 5.97. The Balaban J connectivity index is 1.84. The Morgan fingerprint density at radius 2 is 1.83 bits per heavy atom. The van der Waals surface area contributed by atoms with Crippen molar-refractivity contribution in [2.75, 3.05) is 11.5 Å². The van der Waals surface area contributed by atoms with Crippen LogP contribution < -0.4 is 5.73 Å². The van der Waals surface area contributed by atoms with Gasteiger partial charge in [0, 0.05) is 17.7 Å². The molecular formula is C14H21N3S. The molecule has 3 nitrogen and oxygen atoms in total. The standard InChI is InChI=1S/C14H21N3S/c15-13-9-11(10-5-1-2-6-10)16-14(17-13)12-7-3-4-8-18-12/h9-10,12H,1-8H2,(H2,15,16,17). The smallest absolute Gasteiger partial charge is 0.143 e. The van der Waals surface area contributed by atoms with Crippen molar-refractivity contribution < 1.29 is 0 Å². The van der Waals surface area contributed by atoms with E-state index < -0.39 is 0 Å². The molecule has 4 heteroatoms. The first kappa shape index (κ1) is 12.3. The van der Waals surface area contributed by atoms with Crippen LogP contribution in [0, 0.1) is 0 Å². The molecule has 2 N–H and O–H groups in total. The molecule has 1 saturated heterocycles. The summed E-state index contributed by atoms with van der Waals surface area (Å²) in [6.07, 6.45) is 9.05. The number of thioether (sulfide) groups is 1. The molecule has 0 aromatic carbocycles. The van der Waals surface area contributed by atoms with Gasteiger partial charge in [-0.05, 0) is 31.4 Å². The Morgan fingerprint density at radius 1 is 1.06 bits per heavy atom. The Morgan fingerprint density at radius 3 is 2.56 bits per heavy atom. The second-order valence-electron chi connectivity index (χ2n) is 5.41. The van der Waals surface area contributed by atoms with Crippen LogP contribution in [0.3, 0.4) is 0 Å². The van der Waals surface area contributed by atoms with E-state index in [1.807, 2.05) is 17.8 Å². The number of hydrogen-bond donors (Lipinski definition) is 1. The Hall–Kier alpha value is -0.770. The molecule has 1 aliphatic heterocycles. The third kappa shape index (κ3) is 2.63. The molecule has 2 aliphatic rings. The molecule has 3 rings (SSSR count). The monoisotopic (exact) mass is 263 g/mol. The van der Waals surface area contributed by atoms with Crippen molar-refractivity contribution in [2.45, 2.75) is 56.1 Å². The van der Waals surface area contributed by atoms with E-state index in [1.165, 1.54) is 56.4 Å². The largest absolute Gasteiger partial charge is 0.384 e. The second kappa shape index (κ2) is 5.47. The van der Waals surface area contributed by atoms with Gasteiger partial charge in [0.05, 0.1) is 5.25 Å². The van der Waals surface area contributed by atoms with Crippen LogP contribution in [0.25, 0.3) is 0 Å². The number of nitrogens with zero attached hydrogens (tertiary/aromatic N) is 2. The molecule has 0 bridgehead atoms. The molecule has 0 amide bonds. The first-order valence-corrected chi connectivity index (χ1v) is 8.14. The van der Waals surface area contributed by atoms with Crippen molar-refractivity contribution >= 4 is 17.6 Å². The van der Waals surface area contributed by atoms with E-state index in [9.17, 15) is 0 Å². The van der Waals surface area contributed by atoms with Crippen LogP contribution in [0.1, 0.15) is 67.6 Å². The highest BCUT2D eigenvalue weighted by Gasteiger charge is 2.23.